The summed E-state index contributed by atoms with van der Waals surface area (Å²) in [6, 6.07) is 14.3. The Balaban J connectivity index is 1.33. The summed E-state index contributed by atoms with van der Waals surface area (Å²) < 4.78 is 12.1. The van der Waals surface area contributed by atoms with E-state index in [4.69, 9.17) is 9.47 Å². The number of hydrogen-bond donors (Lipinski definition) is 2. The second-order valence-electron chi connectivity index (χ2n) is 13.7. The van der Waals surface area contributed by atoms with Crippen LogP contribution in [-0.2, 0) is 11.8 Å². The van der Waals surface area contributed by atoms with Gasteiger partial charge in [0.15, 0.2) is 23.1 Å². The number of carboxylic acid groups (broad SMARTS) is 1. The molecule has 3 fully saturated rings. The fourth-order valence-electron chi connectivity index (χ4n) is 8.89. The van der Waals surface area contributed by atoms with Gasteiger partial charge in [0, 0.05) is 61.4 Å². The topological polar surface area (TPSA) is 115 Å². The highest BCUT2D eigenvalue weighted by atomic mass is 16.5. The third-order valence-corrected chi connectivity index (χ3v) is 11.3. The van der Waals surface area contributed by atoms with Gasteiger partial charge in [-0.15, -0.1) is 0 Å². The fraction of sp³-hybridized carbons (Fsp3) is 0.474. The first-order valence-electron chi connectivity index (χ1n) is 17.2. The lowest BCUT2D eigenvalue weighted by molar-refractivity contribution is -0.918. The van der Waals surface area contributed by atoms with Gasteiger partial charge in [0.05, 0.1) is 19.8 Å². The van der Waals surface area contributed by atoms with Gasteiger partial charge in [-0.25, -0.2) is 4.48 Å². The molecule has 3 atom stereocenters. The molecule has 2 aromatic carbocycles. The molecule has 47 heavy (non-hydrogen) atoms. The number of likely N-dealkylation sites (tertiary alicyclic amines) is 1. The van der Waals surface area contributed by atoms with E-state index in [9.17, 15) is 19.5 Å². The van der Waals surface area contributed by atoms with Gasteiger partial charge in [-0.2, -0.15) is 4.79 Å². The highest BCUT2D eigenvalue weighted by molar-refractivity contribution is 6.33. The lowest BCUT2D eigenvalue weighted by atomic mass is 9.71. The Hall–Kier alpha value is -4.08. The molecule has 3 unspecified atom stereocenters. The van der Waals surface area contributed by atoms with Gasteiger partial charge in [-0.3, -0.25) is 14.6 Å². The van der Waals surface area contributed by atoms with Crippen LogP contribution >= 0.6 is 0 Å². The highest BCUT2D eigenvalue weighted by Crippen LogP contribution is 2.48. The number of carbonyl (C=O) groups excluding carboxylic acids is 2. The molecule has 1 saturated carbocycles. The predicted molar refractivity (Wildman–Crippen MR) is 176 cm³/mol. The number of pyridine rings is 1. The summed E-state index contributed by atoms with van der Waals surface area (Å²) in [6.45, 7) is 2.16. The van der Waals surface area contributed by atoms with Gasteiger partial charge in [0.25, 0.3) is 0 Å². The molecule has 3 heterocycles. The van der Waals surface area contributed by atoms with Crippen molar-refractivity contribution in [1.29, 1.82) is 0 Å². The minimum absolute atomic E-state index is 0.00648. The van der Waals surface area contributed by atoms with Crippen LogP contribution in [0.1, 0.15) is 101 Å². The van der Waals surface area contributed by atoms with Crippen LogP contribution in [0.2, 0.25) is 0 Å². The van der Waals surface area contributed by atoms with Crippen molar-refractivity contribution in [3.05, 3.63) is 88.7 Å². The zero-order valence-corrected chi connectivity index (χ0v) is 27.1. The number of rotatable bonds is 8. The molecule has 246 valence electrons. The third-order valence-electron chi connectivity index (χ3n) is 11.3. The average molecular weight is 639 g/mol. The van der Waals surface area contributed by atoms with Crippen molar-refractivity contribution < 1.29 is 33.4 Å². The van der Waals surface area contributed by atoms with Crippen molar-refractivity contribution in [2.45, 2.75) is 87.8 Å². The molecule has 7 rings (SSSR count). The molecule has 2 aliphatic carbocycles. The van der Waals surface area contributed by atoms with Gasteiger partial charge in [0.2, 0.25) is 0 Å². The number of quaternary nitrogens is 1. The normalized spacial score (nSPS) is 26.7. The molecule has 2 N–H and O–H groups in total. The summed E-state index contributed by atoms with van der Waals surface area (Å²) in [7, 11) is 1.59. The second kappa shape index (κ2) is 12.8. The van der Waals surface area contributed by atoms with Crippen molar-refractivity contribution in [3.8, 4) is 11.5 Å². The van der Waals surface area contributed by atoms with E-state index in [0.29, 0.717) is 34.7 Å². The third kappa shape index (κ3) is 5.33. The molecule has 2 saturated heterocycles. The van der Waals surface area contributed by atoms with E-state index >= 15 is 0 Å². The van der Waals surface area contributed by atoms with Crippen LogP contribution in [0.3, 0.4) is 0 Å². The summed E-state index contributed by atoms with van der Waals surface area (Å²) in [5.41, 5.74) is 1.46. The van der Waals surface area contributed by atoms with E-state index in [1.54, 1.807) is 31.6 Å². The minimum atomic E-state index is -1.51. The molecule has 1 aromatic heterocycles. The van der Waals surface area contributed by atoms with Crippen molar-refractivity contribution in [1.82, 2.24) is 10.3 Å². The summed E-state index contributed by atoms with van der Waals surface area (Å²) in [5.74, 6) is 0.587. The van der Waals surface area contributed by atoms with Crippen molar-refractivity contribution in [2.24, 2.45) is 0 Å². The number of piperidine rings is 2. The SMILES string of the molecule is COc1ccc(C2(Cc3ccncc3)C(=O)c3ccc(C4CCCC[N+]4(C(=O)O)C4CCNCC4)cc3C2=O)cc1OC1CCCC1. The van der Waals surface area contributed by atoms with Gasteiger partial charge < -0.3 is 19.9 Å². The molecule has 0 bridgehead atoms. The van der Waals surface area contributed by atoms with E-state index in [1.165, 1.54) is 0 Å². The Labute approximate surface area is 275 Å². The van der Waals surface area contributed by atoms with Gasteiger partial charge in [-0.1, -0.05) is 18.2 Å². The Bertz CT molecular complexity index is 1670. The number of ether oxygens (including phenoxy) is 2. The summed E-state index contributed by atoms with van der Waals surface area (Å²) >= 11 is 0. The number of fused-ring (bicyclic) bond motifs is 1. The number of nitrogens with zero attached hydrogens (tertiary/aromatic N) is 2. The molecular weight excluding hydrogens is 594 g/mol. The number of amides is 1. The Kier molecular flexibility index (Phi) is 8.61. The molecule has 9 nitrogen and oxygen atoms in total. The van der Waals surface area contributed by atoms with Crippen molar-refractivity contribution in [2.75, 3.05) is 26.7 Å². The molecule has 9 heteroatoms. The number of hydrogen-bond acceptors (Lipinski definition) is 7. The fourth-order valence-corrected chi connectivity index (χ4v) is 8.89. The average Bonchev–Trinajstić information content (AvgIpc) is 3.70. The lowest BCUT2D eigenvalue weighted by Crippen LogP contribution is -2.64. The maximum absolute atomic E-state index is 14.9. The van der Waals surface area contributed by atoms with E-state index in [-0.39, 0.29) is 40.7 Å². The molecular formula is C38H44N3O6+. The second-order valence-corrected chi connectivity index (χ2v) is 13.7. The number of ketones is 2. The van der Waals surface area contributed by atoms with Gasteiger partial charge in [0.1, 0.15) is 17.5 Å². The number of aromatic nitrogens is 1. The van der Waals surface area contributed by atoms with Crippen LogP contribution in [0.4, 0.5) is 4.79 Å². The molecule has 1 amide bonds. The maximum Gasteiger partial charge on any atom is 0.514 e. The number of benzene rings is 2. The van der Waals surface area contributed by atoms with Crippen LogP contribution in [0.25, 0.3) is 0 Å². The van der Waals surface area contributed by atoms with E-state index in [0.717, 1.165) is 82.0 Å². The van der Waals surface area contributed by atoms with Crippen LogP contribution in [0, 0.1) is 0 Å². The van der Waals surface area contributed by atoms with Crippen LogP contribution in [0.15, 0.2) is 60.9 Å². The molecule has 4 aliphatic rings. The van der Waals surface area contributed by atoms with E-state index < -0.39 is 11.5 Å². The smallest absolute Gasteiger partial charge is 0.493 e. The molecule has 0 spiro atoms. The number of carbonyl (C=O) groups is 3. The Morgan fingerprint density at radius 3 is 2.34 bits per heavy atom. The maximum atomic E-state index is 14.9. The number of methoxy groups -OCH3 is 1. The summed E-state index contributed by atoms with van der Waals surface area (Å²) in [4.78, 5) is 47.0. The Morgan fingerprint density at radius 2 is 1.62 bits per heavy atom. The van der Waals surface area contributed by atoms with Crippen molar-refractivity contribution >= 4 is 17.7 Å². The zero-order chi connectivity index (χ0) is 32.6. The van der Waals surface area contributed by atoms with Gasteiger partial charge >= 0.3 is 6.09 Å². The lowest BCUT2D eigenvalue weighted by Gasteiger charge is -2.49. The summed E-state index contributed by atoms with van der Waals surface area (Å²) in [6.07, 6.45) is 11.0. The first-order chi connectivity index (χ1) is 22.9. The monoisotopic (exact) mass is 638 g/mol. The van der Waals surface area contributed by atoms with Gasteiger partial charge in [-0.05, 0) is 86.4 Å². The van der Waals surface area contributed by atoms with Crippen LogP contribution in [-0.4, -0.2) is 71.1 Å². The number of Topliss-reactive ketones (excluding diaryl/α,β-unsaturated/α-hetero) is 2. The molecule has 2 aliphatic heterocycles. The minimum Gasteiger partial charge on any atom is -0.493 e. The van der Waals surface area contributed by atoms with Crippen LogP contribution < -0.4 is 14.8 Å². The van der Waals surface area contributed by atoms with Crippen LogP contribution in [0.5, 0.6) is 11.5 Å². The Morgan fingerprint density at radius 1 is 0.894 bits per heavy atom. The summed E-state index contributed by atoms with van der Waals surface area (Å²) in [5, 5.41) is 14.2. The molecule has 3 aromatic rings. The zero-order valence-electron chi connectivity index (χ0n) is 27.1. The van der Waals surface area contributed by atoms with Crippen molar-refractivity contribution in [3.63, 3.8) is 0 Å². The van der Waals surface area contributed by atoms with E-state index in [1.807, 2.05) is 36.4 Å². The molecule has 0 radical (unpaired) electrons. The number of nitrogens with one attached hydrogen (secondary N) is 1. The predicted octanol–water partition coefficient (Wildman–Crippen LogP) is 6.44. The standard InChI is InChI=1S/C38H43N3O6/c1-46-33-12-10-27(23-34(33)47-29-6-2-3-7-29)38(24-25-13-17-39-18-14-25)35(42)30-11-9-26(22-31(30)36(38)43)32-8-4-5-21-41(32,37(44)45)28-15-19-40-20-16-28/h9-14,17-18,22-23,28-29,32,40H,2-8,15-16,19-21,24H2,1H3/p+1. The first kappa shape index (κ1) is 31.5. The largest absolute Gasteiger partial charge is 0.514 e. The first-order valence-corrected chi connectivity index (χ1v) is 17.2. The highest BCUT2D eigenvalue weighted by Gasteiger charge is 2.56. The van der Waals surface area contributed by atoms with E-state index in [2.05, 4.69) is 10.3 Å². The quantitative estimate of drug-likeness (QED) is 0.214.